The molecule has 5 rings (SSSR count). The van der Waals surface area contributed by atoms with Gasteiger partial charge >= 0.3 is 0 Å². The lowest BCUT2D eigenvalue weighted by atomic mass is 9.74. The molecule has 0 radical (unpaired) electrons. The number of likely N-dealkylation sites (tertiary alicyclic amines) is 2. The van der Waals surface area contributed by atoms with Crippen molar-refractivity contribution in [1.29, 1.82) is 0 Å². The van der Waals surface area contributed by atoms with Crippen LogP contribution in [-0.4, -0.2) is 123 Å². The van der Waals surface area contributed by atoms with Crippen LogP contribution in [0.1, 0.15) is 65.2 Å². The zero-order valence-electron chi connectivity index (χ0n) is 25.9. The van der Waals surface area contributed by atoms with E-state index in [2.05, 4.69) is 26.2 Å². The van der Waals surface area contributed by atoms with Crippen LogP contribution in [0.3, 0.4) is 0 Å². The summed E-state index contributed by atoms with van der Waals surface area (Å²) in [5, 5.41) is 24.3. The van der Waals surface area contributed by atoms with Crippen LogP contribution < -0.4 is 21.3 Å². The third-order valence-corrected chi connectivity index (χ3v) is 10.2. The van der Waals surface area contributed by atoms with Gasteiger partial charge in [-0.25, -0.2) is 0 Å². The minimum absolute atomic E-state index is 0.0467. The van der Waals surface area contributed by atoms with Crippen molar-refractivity contribution in [2.75, 3.05) is 65.7 Å². The molecule has 0 aromatic rings. The number of amides is 2. The van der Waals surface area contributed by atoms with Gasteiger partial charge in [0.15, 0.2) is 0 Å². The highest BCUT2D eigenvalue weighted by atomic mass is 16.5. The van der Waals surface area contributed by atoms with E-state index in [9.17, 15) is 14.7 Å². The lowest BCUT2D eigenvalue weighted by molar-refractivity contribution is -0.135. The van der Waals surface area contributed by atoms with Crippen LogP contribution in [0.5, 0.6) is 0 Å². The summed E-state index contributed by atoms with van der Waals surface area (Å²) in [7, 11) is 0. The molecule has 0 bridgehead atoms. The monoisotopic (exact) mass is 592 g/mol. The average molecular weight is 593 g/mol. The molecule has 0 spiro atoms. The molecule has 2 amide bonds. The smallest absolute Gasteiger partial charge is 0.225 e. The lowest BCUT2D eigenvalue weighted by Gasteiger charge is -2.44. The molecule has 5 N–H and O–H groups in total. The summed E-state index contributed by atoms with van der Waals surface area (Å²) in [4.78, 5) is 29.7. The van der Waals surface area contributed by atoms with Crippen LogP contribution in [0.15, 0.2) is 0 Å². The maximum Gasteiger partial charge on any atom is 0.225 e. The van der Waals surface area contributed by atoms with Crippen molar-refractivity contribution >= 4 is 11.8 Å². The Bertz CT molecular complexity index is 865. The van der Waals surface area contributed by atoms with E-state index in [0.29, 0.717) is 50.4 Å². The standard InChI is InChI=1S/C31H56N6O5/c1-21(2)31(40)37-11-7-25(8-12-37)35-29-14-23(5-9-33-29)30(39)34-15-26(38)18-36-10-6-22-13-27(4-3-24(22)17-36)41-19-28-16-32-20-42-28/h21-29,32-33,35,38H,3-20H2,1-2H3,(H,34,39)/t22?,23?,24?,26-,27?,28?,29?/m0/s1. The van der Waals surface area contributed by atoms with Crippen LogP contribution in [0.2, 0.25) is 0 Å². The Kier molecular flexibility index (Phi) is 11.9. The number of ether oxygens (including phenoxy) is 2. The lowest BCUT2D eigenvalue weighted by Crippen LogP contribution is -2.56. The van der Waals surface area contributed by atoms with Crippen molar-refractivity contribution in [2.24, 2.45) is 23.7 Å². The fourth-order valence-electron chi connectivity index (χ4n) is 7.70. The highest BCUT2D eigenvalue weighted by molar-refractivity contribution is 5.79. The number of rotatable bonds is 11. The van der Waals surface area contributed by atoms with Gasteiger partial charge < -0.3 is 35.0 Å². The normalized spacial score (nSPS) is 33.9. The number of hydrogen-bond acceptors (Lipinski definition) is 9. The predicted molar refractivity (Wildman–Crippen MR) is 160 cm³/mol. The van der Waals surface area contributed by atoms with Gasteiger partial charge in [0.25, 0.3) is 0 Å². The van der Waals surface area contributed by atoms with Crippen LogP contribution in [0.4, 0.5) is 0 Å². The molecule has 0 aromatic heterocycles. The molecule has 4 saturated heterocycles. The number of aliphatic hydroxyl groups excluding tert-OH is 1. The minimum Gasteiger partial charge on any atom is -0.390 e. The number of aliphatic hydroxyl groups is 1. The number of nitrogens with zero attached hydrogens (tertiary/aromatic N) is 2. The van der Waals surface area contributed by atoms with Crippen LogP contribution >= 0.6 is 0 Å². The van der Waals surface area contributed by atoms with E-state index in [-0.39, 0.29) is 35.9 Å². The summed E-state index contributed by atoms with van der Waals surface area (Å²) in [6, 6.07) is 0.359. The number of carbonyl (C=O) groups excluding carboxylic acids is 2. The molecule has 11 nitrogen and oxygen atoms in total. The van der Waals surface area contributed by atoms with Crippen LogP contribution in [0.25, 0.3) is 0 Å². The Morgan fingerprint density at radius 2 is 1.88 bits per heavy atom. The number of nitrogens with one attached hydrogen (secondary N) is 4. The highest BCUT2D eigenvalue weighted by Crippen LogP contribution is 2.37. The third-order valence-electron chi connectivity index (χ3n) is 10.2. The minimum atomic E-state index is -0.556. The first-order chi connectivity index (χ1) is 20.3. The first-order valence-corrected chi connectivity index (χ1v) is 16.7. The maximum atomic E-state index is 13.0. The summed E-state index contributed by atoms with van der Waals surface area (Å²) in [5.74, 6) is 1.66. The van der Waals surface area contributed by atoms with E-state index < -0.39 is 6.10 Å². The average Bonchev–Trinajstić information content (AvgIpc) is 3.53. The quantitative estimate of drug-likeness (QED) is 0.233. The van der Waals surface area contributed by atoms with Gasteiger partial charge in [-0.3, -0.25) is 20.2 Å². The predicted octanol–water partition coefficient (Wildman–Crippen LogP) is 0.479. The van der Waals surface area contributed by atoms with Gasteiger partial charge in [0.2, 0.25) is 11.8 Å². The fourth-order valence-corrected chi connectivity index (χ4v) is 7.70. The van der Waals surface area contributed by atoms with Crippen molar-refractivity contribution in [1.82, 2.24) is 31.1 Å². The summed E-state index contributed by atoms with van der Waals surface area (Å²) in [5.41, 5.74) is 0. The SMILES string of the molecule is CC(C)C(=O)N1CCC(NC2CC(C(=O)NC[C@H](O)CN3CCC4CC(OCC5CNCO5)CCC4C3)CCN2)CC1. The first kappa shape index (κ1) is 32.1. The van der Waals surface area contributed by atoms with E-state index in [4.69, 9.17) is 9.47 Å². The summed E-state index contributed by atoms with van der Waals surface area (Å²) in [6.07, 6.45) is 8.12. The van der Waals surface area contributed by atoms with E-state index in [1.165, 1.54) is 6.42 Å². The zero-order chi connectivity index (χ0) is 29.5. The van der Waals surface area contributed by atoms with Gasteiger partial charge in [0.05, 0.1) is 37.8 Å². The van der Waals surface area contributed by atoms with Gasteiger partial charge in [-0.15, -0.1) is 0 Å². The Hall–Kier alpha value is -1.34. The van der Waals surface area contributed by atoms with Gasteiger partial charge in [0.1, 0.15) is 0 Å². The second-order valence-electron chi connectivity index (χ2n) is 13.8. The summed E-state index contributed by atoms with van der Waals surface area (Å²) >= 11 is 0. The zero-order valence-corrected chi connectivity index (χ0v) is 25.9. The van der Waals surface area contributed by atoms with E-state index >= 15 is 0 Å². The number of fused-ring (bicyclic) bond motifs is 1. The molecule has 4 aliphatic heterocycles. The molecule has 1 aliphatic carbocycles. The molecular formula is C31H56N6O5. The van der Waals surface area contributed by atoms with Gasteiger partial charge in [-0.1, -0.05) is 13.8 Å². The number of piperidine rings is 3. The van der Waals surface area contributed by atoms with Gasteiger partial charge in [-0.2, -0.15) is 0 Å². The van der Waals surface area contributed by atoms with Gasteiger partial charge in [-0.05, 0) is 76.3 Å². The Labute approximate surface area is 252 Å². The number of β-amino-alcohol motifs (C(OH)–C–C–N with tert-alkyl or cyclic N) is 1. The third kappa shape index (κ3) is 9.09. The topological polar surface area (TPSA) is 127 Å². The second-order valence-corrected chi connectivity index (χ2v) is 13.8. The Balaban J connectivity index is 0.955. The van der Waals surface area contributed by atoms with Crippen molar-refractivity contribution < 1.29 is 24.2 Å². The van der Waals surface area contributed by atoms with E-state index in [1.807, 2.05) is 18.7 Å². The van der Waals surface area contributed by atoms with Crippen molar-refractivity contribution in [3.63, 3.8) is 0 Å². The molecule has 240 valence electrons. The van der Waals surface area contributed by atoms with E-state index in [0.717, 1.165) is 84.2 Å². The van der Waals surface area contributed by atoms with Crippen molar-refractivity contribution in [3.8, 4) is 0 Å². The van der Waals surface area contributed by atoms with Crippen molar-refractivity contribution in [2.45, 2.75) is 95.7 Å². The summed E-state index contributed by atoms with van der Waals surface area (Å²) < 4.78 is 11.8. The molecule has 42 heavy (non-hydrogen) atoms. The first-order valence-electron chi connectivity index (χ1n) is 16.7. The van der Waals surface area contributed by atoms with Crippen molar-refractivity contribution in [3.05, 3.63) is 0 Å². The molecule has 6 unspecified atom stereocenters. The highest BCUT2D eigenvalue weighted by Gasteiger charge is 2.36. The molecule has 7 atom stereocenters. The second kappa shape index (κ2) is 15.6. The van der Waals surface area contributed by atoms with Crippen LogP contribution in [-0.2, 0) is 19.1 Å². The Morgan fingerprint density at radius 1 is 1.05 bits per heavy atom. The molecule has 11 heteroatoms. The molecule has 1 saturated carbocycles. The number of carbonyl (C=O) groups is 2. The fraction of sp³-hybridized carbons (Fsp3) is 0.935. The number of hydrogen-bond donors (Lipinski definition) is 5. The maximum absolute atomic E-state index is 13.0. The van der Waals surface area contributed by atoms with E-state index in [1.54, 1.807) is 0 Å². The molecule has 0 aromatic carbocycles. The van der Waals surface area contributed by atoms with Gasteiger partial charge in [0, 0.05) is 57.1 Å². The Morgan fingerprint density at radius 3 is 2.64 bits per heavy atom. The molecule has 5 aliphatic rings. The molecule has 4 heterocycles. The van der Waals surface area contributed by atoms with Crippen LogP contribution in [0, 0.1) is 23.7 Å². The molecular weight excluding hydrogens is 536 g/mol. The largest absolute Gasteiger partial charge is 0.390 e. The summed E-state index contributed by atoms with van der Waals surface area (Å²) in [6.45, 7) is 11.5. The molecule has 5 fully saturated rings.